The van der Waals surface area contributed by atoms with Gasteiger partial charge in [-0.25, -0.2) is 4.79 Å². The van der Waals surface area contributed by atoms with Crippen molar-refractivity contribution >= 4 is 11.8 Å². The first-order valence-electron chi connectivity index (χ1n) is 6.31. The molecule has 0 aliphatic rings. The lowest BCUT2D eigenvalue weighted by atomic mass is 10.0. The van der Waals surface area contributed by atoms with E-state index in [0.29, 0.717) is 12.5 Å². The Morgan fingerprint density at radius 1 is 1.17 bits per heavy atom. The van der Waals surface area contributed by atoms with Crippen molar-refractivity contribution < 1.29 is 9.53 Å². The number of carbonyl (C=O) groups excluding carboxylic acids is 1. The maximum absolute atomic E-state index is 11.6. The third kappa shape index (κ3) is 4.70. The van der Waals surface area contributed by atoms with Gasteiger partial charge in [0.2, 0.25) is 0 Å². The summed E-state index contributed by atoms with van der Waals surface area (Å²) in [5, 5.41) is 0. The van der Waals surface area contributed by atoms with Crippen LogP contribution in [0.2, 0.25) is 0 Å². The van der Waals surface area contributed by atoms with E-state index in [-0.39, 0.29) is 5.92 Å². The fourth-order valence-electron chi connectivity index (χ4n) is 1.50. The van der Waals surface area contributed by atoms with Crippen molar-refractivity contribution in [3.05, 3.63) is 35.9 Å². The Balaban J connectivity index is 2.83. The van der Waals surface area contributed by atoms with E-state index in [4.69, 9.17) is 4.74 Å². The van der Waals surface area contributed by atoms with Gasteiger partial charge in [-0.2, -0.15) is 4.99 Å². The van der Waals surface area contributed by atoms with Gasteiger partial charge in [0.05, 0.1) is 12.3 Å². The van der Waals surface area contributed by atoms with E-state index < -0.39 is 6.09 Å². The molecule has 0 saturated heterocycles. The van der Waals surface area contributed by atoms with Crippen LogP contribution in [0, 0.1) is 11.8 Å². The second-order valence-electron chi connectivity index (χ2n) is 4.99. The number of benzene rings is 1. The molecular formula is C15H21NO2. The maximum atomic E-state index is 11.6. The van der Waals surface area contributed by atoms with Gasteiger partial charge in [-0.15, -0.1) is 0 Å². The molecule has 1 amide bonds. The topological polar surface area (TPSA) is 38.7 Å². The van der Waals surface area contributed by atoms with Gasteiger partial charge in [-0.3, -0.25) is 0 Å². The number of amides is 1. The number of hydrogen-bond acceptors (Lipinski definition) is 2. The van der Waals surface area contributed by atoms with E-state index in [1.54, 1.807) is 0 Å². The molecule has 3 heteroatoms. The van der Waals surface area contributed by atoms with E-state index >= 15 is 0 Å². The predicted molar refractivity (Wildman–Crippen MR) is 74.0 cm³/mol. The van der Waals surface area contributed by atoms with Crippen molar-refractivity contribution in [1.82, 2.24) is 0 Å². The minimum absolute atomic E-state index is 0.180. The zero-order chi connectivity index (χ0) is 13.5. The summed E-state index contributed by atoms with van der Waals surface area (Å²) >= 11 is 0. The Hall–Kier alpha value is -1.64. The van der Waals surface area contributed by atoms with Crippen LogP contribution in [0.15, 0.2) is 35.3 Å². The third-order valence-electron chi connectivity index (χ3n) is 2.37. The Kier molecular flexibility index (Phi) is 5.56. The Bertz CT molecular complexity index is 408. The van der Waals surface area contributed by atoms with Crippen molar-refractivity contribution in [3.63, 3.8) is 0 Å². The normalized spacial score (nSPS) is 12.0. The summed E-state index contributed by atoms with van der Waals surface area (Å²) < 4.78 is 5.08. The Morgan fingerprint density at radius 3 is 2.28 bits per heavy atom. The predicted octanol–water partition coefficient (Wildman–Crippen LogP) is 3.92. The Morgan fingerprint density at radius 2 is 1.78 bits per heavy atom. The maximum Gasteiger partial charge on any atom is 0.433 e. The molecule has 0 radical (unpaired) electrons. The van der Waals surface area contributed by atoms with Crippen LogP contribution in [0.25, 0.3) is 0 Å². The van der Waals surface area contributed by atoms with Gasteiger partial charge in [-0.05, 0) is 17.4 Å². The van der Waals surface area contributed by atoms with Crippen LogP contribution < -0.4 is 0 Å². The van der Waals surface area contributed by atoms with Crippen molar-refractivity contribution in [2.75, 3.05) is 6.61 Å². The molecule has 0 bridgehead atoms. The molecule has 1 aromatic carbocycles. The van der Waals surface area contributed by atoms with Crippen LogP contribution in [-0.4, -0.2) is 18.4 Å². The van der Waals surface area contributed by atoms with E-state index in [1.165, 1.54) is 0 Å². The molecule has 0 aliphatic heterocycles. The van der Waals surface area contributed by atoms with Crippen LogP contribution >= 0.6 is 0 Å². The van der Waals surface area contributed by atoms with Crippen LogP contribution in [0.5, 0.6) is 0 Å². The van der Waals surface area contributed by atoms with Gasteiger partial charge in [0.1, 0.15) is 0 Å². The number of rotatable bonds is 4. The first-order chi connectivity index (χ1) is 8.50. The lowest BCUT2D eigenvalue weighted by Gasteiger charge is -2.10. The molecule has 0 unspecified atom stereocenters. The van der Waals surface area contributed by atoms with Gasteiger partial charge in [0.25, 0.3) is 0 Å². The van der Waals surface area contributed by atoms with Gasteiger partial charge >= 0.3 is 6.09 Å². The van der Waals surface area contributed by atoms with Gasteiger partial charge in [0, 0.05) is 0 Å². The highest BCUT2D eigenvalue weighted by Crippen LogP contribution is 2.10. The van der Waals surface area contributed by atoms with Crippen molar-refractivity contribution in [3.8, 4) is 0 Å². The summed E-state index contributed by atoms with van der Waals surface area (Å²) in [4.78, 5) is 15.7. The summed E-state index contributed by atoms with van der Waals surface area (Å²) in [6.07, 6.45) is -0.503. The molecule has 98 valence electrons. The molecule has 0 fully saturated rings. The summed E-state index contributed by atoms with van der Waals surface area (Å²) in [6, 6.07) is 9.72. The SMILES string of the molecule is CC(C)COC(=O)/N=C(\c1ccccc1)C(C)C. The molecular weight excluding hydrogens is 226 g/mol. The monoisotopic (exact) mass is 247 g/mol. The van der Waals surface area contributed by atoms with Gasteiger partial charge in [-0.1, -0.05) is 58.0 Å². The first-order valence-corrected chi connectivity index (χ1v) is 6.31. The highest BCUT2D eigenvalue weighted by atomic mass is 16.5. The molecule has 0 heterocycles. The lowest BCUT2D eigenvalue weighted by Crippen LogP contribution is -2.14. The van der Waals surface area contributed by atoms with Crippen LogP contribution in [0.3, 0.4) is 0 Å². The number of ether oxygens (including phenoxy) is 1. The fraction of sp³-hybridized carbons (Fsp3) is 0.467. The number of hydrogen-bond donors (Lipinski definition) is 0. The molecule has 0 atom stereocenters. The molecule has 3 nitrogen and oxygen atoms in total. The minimum atomic E-state index is -0.503. The van der Waals surface area contributed by atoms with Crippen molar-refractivity contribution in [2.24, 2.45) is 16.8 Å². The van der Waals surface area contributed by atoms with Gasteiger partial charge < -0.3 is 4.74 Å². The van der Waals surface area contributed by atoms with Crippen molar-refractivity contribution in [1.29, 1.82) is 0 Å². The molecule has 0 aromatic heterocycles. The number of carbonyl (C=O) groups is 1. The van der Waals surface area contributed by atoms with E-state index in [1.807, 2.05) is 58.0 Å². The minimum Gasteiger partial charge on any atom is -0.448 e. The third-order valence-corrected chi connectivity index (χ3v) is 2.37. The van der Waals surface area contributed by atoms with E-state index in [9.17, 15) is 4.79 Å². The highest BCUT2D eigenvalue weighted by Gasteiger charge is 2.11. The molecule has 0 spiro atoms. The second kappa shape index (κ2) is 6.94. The van der Waals surface area contributed by atoms with Crippen LogP contribution in [-0.2, 0) is 4.74 Å². The van der Waals surface area contributed by atoms with E-state index in [2.05, 4.69) is 4.99 Å². The second-order valence-corrected chi connectivity index (χ2v) is 4.99. The summed E-state index contributed by atoms with van der Waals surface area (Å²) in [6.45, 7) is 8.43. The quantitative estimate of drug-likeness (QED) is 0.756. The average Bonchev–Trinajstić information content (AvgIpc) is 2.34. The fourth-order valence-corrected chi connectivity index (χ4v) is 1.50. The highest BCUT2D eigenvalue weighted by molar-refractivity contribution is 6.06. The van der Waals surface area contributed by atoms with Gasteiger partial charge in [0.15, 0.2) is 0 Å². The first kappa shape index (κ1) is 14.4. The molecule has 0 saturated carbocycles. The van der Waals surface area contributed by atoms with E-state index in [0.717, 1.165) is 11.3 Å². The molecule has 1 aromatic rings. The molecule has 1 rings (SSSR count). The smallest absolute Gasteiger partial charge is 0.433 e. The Labute approximate surface area is 109 Å². The lowest BCUT2D eigenvalue weighted by molar-refractivity contribution is 0.143. The average molecular weight is 247 g/mol. The summed E-state index contributed by atoms with van der Waals surface area (Å²) in [5.74, 6) is 0.502. The largest absolute Gasteiger partial charge is 0.448 e. The molecule has 18 heavy (non-hydrogen) atoms. The zero-order valence-electron chi connectivity index (χ0n) is 11.5. The van der Waals surface area contributed by atoms with Crippen molar-refractivity contribution in [2.45, 2.75) is 27.7 Å². The van der Waals surface area contributed by atoms with Crippen LogP contribution in [0.4, 0.5) is 4.79 Å². The number of nitrogens with zero attached hydrogens (tertiary/aromatic N) is 1. The molecule has 0 N–H and O–H groups in total. The standard InChI is InChI=1S/C15H21NO2/c1-11(2)10-18-15(17)16-14(12(3)4)13-8-6-5-7-9-13/h5-9,11-12H,10H2,1-4H3/b16-14-. The van der Waals surface area contributed by atoms with Crippen LogP contribution in [0.1, 0.15) is 33.3 Å². The summed E-state index contributed by atoms with van der Waals surface area (Å²) in [5.41, 5.74) is 1.73. The summed E-state index contributed by atoms with van der Waals surface area (Å²) in [7, 11) is 0. The number of aliphatic imine (C=N–C) groups is 1. The zero-order valence-corrected chi connectivity index (χ0v) is 11.5. The molecule has 0 aliphatic carbocycles.